The molecule has 0 fully saturated rings. The van der Waals surface area contributed by atoms with Gasteiger partial charge in [0.25, 0.3) is 5.96 Å². The minimum Gasteiger partial charge on any atom is -0.323 e. The molecule has 1 aromatic heterocycles. The fraction of sp³-hybridized carbons (Fsp3) is 0.286. The van der Waals surface area contributed by atoms with Crippen molar-refractivity contribution in [3.8, 4) is 0 Å². The highest BCUT2D eigenvalue weighted by Gasteiger charge is 2.02. The summed E-state index contributed by atoms with van der Waals surface area (Å²) in [6.07, 6.45) is 0. The predicted molar refractivity (Wildman–Crippen MR) is 45.5 cm³/mol. The number of nitrogens with one attached hydrogen (secondary N) is 1. The summed E-state index contributed by atoms with van der Waals surface area (Å²) < 4.78 is 0. The first kappa shape index (κ1) is 8.45. The predicted octanol–water partition coefficient (Wildman–Crippen LogP) is -1.92. The van der Waals surface area contributed by atoms with Gasteiger partial charge in [0.2, 0.25) is 0 Å². The van der Waals surface area contributed by atoms with Gasteiger partial charge in [0, 0.05) is 6.07 Å². The molecule has 5 N–H and O–H groups in total. The molecule has 1 aromatic rings. The highest BCUT2D eigenvalue weighted by Crippen LogP contribution is 1.97. The van der Waals surface area contributed by atoms with E-state index in [-0.39, 0.29) is 5.96 Å². The van der Waals surface area contributed by atoms with E-state index in [9.17, 15) is 0 Å². The SMILES string of the molecule is Cc1cc(C)nc([NH+]=C(N)N)n1. The maximum atomic E-state index is 5.23. The standard InChI is InChI=1S/C7H11N5/c1-4-3-5(2)11-7(10-4)12-6(8)9/h3H,1-2H3,(H4,8,9,10,11,12)/p+1. The summed E-state index contributed by atoms with van der Waals surface area (Å²) in [6.45, 7) is 3.76. The van der Waals surface area contributed by atoms with E-state index in [4.69, 9.17) is 11.5 Å². The van der Waals surface area contributed by atoms with Crippen LogP contribution in [0.5, 0.6) is 0 Å². The molecular weight excluding hydrogens is 154 g/mol. The van der Waals surface area contributed by atoms with Gasteiger partial charge in [-0.15, -0.1) is 9.97 Å². The van der Waals surface area contributed by atoms with Crippen LogP contribution < -0.4 is 16.5 Å². The molecule has 64 valence electrons. The summed E-state index contributed by atoms with van der Waals surface area (Å²) in [5.41, 5.74) is 12.2. The smallest absolute Gasteiger partial charge is 0.323 e. The van der Waals surface area contributed by atoms with Gasteiger partial charge in [0.1, 0.15) is 0 Å². The third-order valence-corrected chi connectivity index (χ3v) is 1.24. The first-order chi connectivity index (χ1) is 5.58. The van der Waals surface area contributed by atoms with Crippen LogP contribution in [0.2, 0.25) is 0 Å². The van der Waals surface area contributed by atoms with E-state index in [2.05, 4.69) is 15.0 Å². The monoisotopic (exact) mass is 166 g/mol. The third-order valence-electron chi connectivity index (χ3n) is 1.24. The Hall–Kier alpha value is -1.65. The summed E-state index contributed by atoms with van der Waals surface area (Å²) in [5.74, 6) is 0.535. The topological polar surface area (TPSA) is 91.8 Å². The van der Waals surface area contributed by atoms with Crippen molar-refractivity contribution >= 4 is 11.9 Å². The van der Waals surface area contributed by atoms with Gasteiger partial charge in [0.05, 0.1) is 11.4 Å². The zero-order valence-electron chi connectivity index (χ0n) is 7.13. The van der Waals surface area contributed by atoms with Crippen molar-refractivity contribution in [1.82, 2.24) is 9.97 Å². The highest BCUT2D eigenvalue weighted by molar-refractivity contribution is 5.69. The Labute approximate surface area is 70.5 Å². The Bertz CT molecular complexity index is 293. The van der Waals surface area contributed by atoms with Crippen molar-refractivity contribution in [3.05, 3.63) is 17.5 Å². The Morgan fingerprint density at radius 2 is 1.75 bits per heavy atom. The molecule has 5 nitrogen and oxygen atoms in total. The van der Waals surface area contributed by atoms with Crippen LogP contribution in [-0.2, 0) is 0 Å². The number of aryl methyl sites for hydroxylation is 2. The molecule has 0 aliphatic carbocycles. The van der Waals surface area contributed by atoms with Crippen molar-refractivity contribution in [2.75, 3.05) is 0 Å². The van der Waals surface area contributed by atoms with Crippen molar-refractivity contribution in [1.29, 1.82) is 0 Å². The molecule has 0 aliphatic heterocycles. The average molecular weight is 166 g/mol. The summed E-state index contributed by atoms with van der Waals surface area (Å²) >= 11 is 0. The van der Waals surface area contributed by atoms with E-state index in [1.807, 2.05) is 19.9 Å². The van der Waals surface area contributed by atoms with Gasteiger partial charge >= 0.3 is 5.95 Å². The van der Waals surface area contributed by atoms with E-state index in [1.54, 1.807) is 0 Å². The van der Waals surface area contributed by atoms with Crippen LogP contribution in [0.25, 0.3) is 0 Å². The van der Waals surface area contributed by atoms with Gasteiger partial charge < -0.3 is 11.5 Å². The van der Waals surface area contributed by atoms with E-state index in [0.29, 0.717) is 5.95 Å². The Morgan fingerprint density at radius 1 is 1.25 bits per heavy atom. The average Bonchev–Trinajstić information content (AvgIpc) is 1.81. The fourth-order valence-corrected chi connectivity index (χ4v) is 0.911. The van der Waals surface area contributed by atoms with Crippen LogP contribution in [0.3, 0.4) is 0 Å². The quantitative estimate of drug-likeness (QED) is 0.335. The minimum absolute atomic E-state index is 0.0972. The van der Waals surface area contributed by atoms with Crippen LogP contribution >= 0.6 is 0 Å². The summed E-state index contributed by atoms with van der Waals surface area (Å²) in [5, 5.41) is 0. The molecule has 0 saturated heterocycles. The first-order valence-corrected chi connectivity index (χ1v) is 3.55. The molecule has 0 aromatic carbocycles. The lowest BCUT2D eigenvalue weighted by Crippen LogP contribution is -2.73. The maximum Gasteiger partial charge on any atom is 0.354 e. The van der Waals surface area contributed by atoms with Gasteiger partial charge in [-0.05, 0) is 13.8 Å². The third kappa shape index (κ3) is 2.19. The van der Waals surface area contributed by atoms with Crippen molar-refractivity contribution in [2.24, 2.45) is 11.5 Å². The second-order valence-corrected chi connectivity index (χ2v) is 2.55. The van der Waals surface area contributed by atoms with Gasteiger partial charge in [-0.1, -0.05) is 0 Å². The molecular formula is C7H12N5+. The fourth-order valence-electron chi connectivity index (χ4n) is 0.911. The van der Waals surface area contributed by atoms with Crippen molar-refractivity contribution in [3.63, 3.8) is 0 Å². The number of hydrogen-bond donors (Lipinski definition) is 3. The maximum absolute atomic E-state index is 5.23. The lowest BCUT2D eigenvalue weighted by molar-refractivity contribution is -0.366. The first-order valence-electron chi connectivity index (χ1n) is 3.55. The van der Waals surface area contributed by atoms with E-state index < -0.39 is 0 Å². The molecule has 0 radical (unpaired) electrons. The number of nitrogens with two attached hydrogens (primary N) is 2. The molecule has 5 heteroatoms. The zero-order chi connectivity index (χ0) is 9.14. The summed E-state index contributed by atoms with van der Waals surface area (Å²) in [4.78, 5) is 10.8. The van der Waals surface area contributed by atoms with E-state index in [0.717, 1.165) is 11.4 Å². The lowest BCUT2D eigenvalue weighted by atomic mass is 10.4. The molecule has 0 bridgehead atoms. The second-order valence-electron chi connectivity index (χ2n) is 2.55. The van der Waals surface area contributed by atoms with Crippen LogP contribution in [-0.4, -0.2) is 15.9 Å². The Kier molecular flexibility index (Phi) is 2.23. The van der Waals surface area contributed by atoms with Gasteiger partial charge in [-0.25, -0.2) is 4.99 Å². The van der Waals surface area contributed by atoms with Crippen LogP contribution in [0, 0.1) is 13.8 Å². The van der Waals surface area contributed by atoms with E-state index >= 15 is 0 Å². The molecule has 0 spiro atoms. The van der Waals surface area contributed by atoms with Crippen LogP contribution in [0.15, 0.2) is 6.07 Å². The van der Waals surface area contributed by atoms with Crippen molar-refractivity contribution < 1.29 is 4.99 Å². The molecule has 1 rings (SSSR count). The normalized spacial score (nSPS) is 9.50. The summed E-state index contributed by atoms with van der Waals surface area (Å²) in [7, 11) is 0. The molecule has 1 heterocycles. The van der Waals surface area contributed by atoms with Gasteiger partial charge in [-0.3, -0.25) is 0 Å². The van der Waals surface area contributed by atoms with Crippen LogP contribution in [0.1, 0.15) is 11.4 Å². The highest BCUT2D eigenvalue weighted by atomic mass is 15.1. The molecule has 0 aliphatic rings. The number of rotatable bonds is 1. The molecule has 0 unspecified atom stereocenters. The Balaban J connectivity index is 3.09. The van der Waals surface area contributed by atoms with E-state index in [1.165, 1.54) is 0 Å². The molecule has 0 saturated carbocycles. The van der Waals surface area contributed by atoms with Crippen LogP contribution in [0.4, 0.5) is 5.95 Å². The Morgan fingerprint density at radius 3 is 2.17 bits per heavy atom. The minimum atomic E-state index is 0.0972. The number of guanidine groups is 1. The molecule has 0 atom stereocenters. The van der Waals surface area contributed by atoms with Gasteiger partial charge in [-0.2, -0.15) is 0 Å². The molecule has 0 amide bonds. The number of aromatic nitrogens is 2. The lowest BCUT2D eigenvalue weighted by Gasteiger charge is -1.92. The zero-order valence-corrected chi connectivity index (χ0v) is 7.13. The number of nitrogens with zero attached hydrogens (tertiary/aromatic N) is 2. The van der Waals surface area contributed by atoms with Crippen molar-refractivity contribution in [2.45, 2.75) is 13.8 Å². The van der Waals surface area contributed by atoms with Gasteiger partial charge in [0.15, 0.2) is 0 Å². The summed E-state index contributed by atoms with van der Waals surface area (Å²) in [6, 6.07) is 1.87. The largest absolute Gasteiger partial charge is 0.354 e. The molecule has 12 heavy (non-hydrogen) atoms. The number of hydrogen-bond acceptors (Lipinski definition) is 2. The second kappa shape index (κ2) is 3.17.